The van der Waals surface area contributed by atoms with E-state index in [9.17, 15) is 28.3 Å². The number of alkyl halides is 3. The second-order valence-electron chi connectivity index (χ2n) is 10.3. The zero-order valence-electron chi connectivity index (χ0n) is 22.1. The molecule has 0 aliphatic carbocycles. The van der Waals surface area contributed by atoms with Crippen molar-refractivity contribution in [2.75, 3.05) is 56.2 Å². The smallest absolute Gasteiger partial charge is 0.419 e. The summed E-state index contributed by atoms with van der Waals surface area (Å²) in [6.07, 6.45) is -0.990. The highest BCUT2D eigenvalue weighted by molar-refractivity contribution is 5.66. The molecule has 2 atom stereocenters. The van der Waals surface area contributed by atoms with E-state index in [0.717, 1.165) is 31.1 Å². The Kier molecular flexibility index (Phi) is 7.84. The van der Waals surface area contributed by atoms with Crippen LogP contribution in [0.15, 0.2) is 18.5 Å². The van der Waals surface area contributed by atoms with E-state index in [0.29, 0.717) is 37.6 Å². The summed E-state index contributed by atoms with van der Waals surface area (Å²) in [5, 5.41) is 18.9. The van der Waals surface area contributed by atoms with E-state index in [1.807, 2.05) is 11.9 Å². The second-order valence-corrected chi connectivity index (χ2v) is 10.3. The van der Waals surface area contributed by atoms with Gasteiger partial charge < -0.3 is 29.4 Å². The van der Waals surface area contributed by atoms with Crippen molar-refractivity contribution >= 4 is 17.6 Å². The summed E-state index contributed by atoms with van der Waals surface area (Å²) in [5.41, 5.74) is 0.585. The molecule has 2 aromatic rings. The Bertz CT molecular complexity index is 1290. The van der Waals surface area contributed by atoms with Gasteiger partial charge >= 0.3 is 18.3 Å². The summed E-state index contributed by atoms with van der Waals surface area (Å²) >= 11 is 0. The monoisotopic (exact) mass is 560 g/mol. The van der Waals surface area contributed by atoms with Crippen LogP contribution in [0.2, 0.25) is 0 Å². The minimum atomic E-state index is -4.55. The van der Waals surface area contributed by atoms with E-state index >= 15 is 0 Å². The third kappa shape index (κ3) is 5.70. The molecule has 14 heteroatoms. The molecule has 3 aliphatic rings. The maximum absolute atomic E-state index is 13.7. The minimum absolute atomic E-state index is 0.0312. The lowest BCUT2D eigenvalue weighted by Crippen LogP contribution is -2.55. The molecule has 11 nitrogen and oxygen atoms in total. The number of likely N-dealkylation sites (N-methyl/N-ethyl adjacent to an activating group) is 1. The van der Waals surface area contributed by atoms with Crippen molar-refractivity contribution < 1.29 is 27.8 Å². The molecule has 214 valence electrons. The lowest BCUT2D eigenvalue weighted by molar-refractivity contribution is -0.137. The molecule has 0 aromatic carbocycles. The van der Waals surface area contributed by atoms with E-state index in [2.05, 4.69) is 20.9 Å². The number of amides is 1. The summed E-state index contributed by atoms with van der Waals surface area (Å²) in [7, 11) is 2.03. The molecule has 5 heterocycles. The molecule has 1 amide bonds. The highest BCUT2D eigenvalue weighted by atomic mass is 19.4. The lowest BCUT2D eigenvalue weighted by atomic mass is 10.0. The Balaban J connectivity index is 1.47. The van der Waals surface area contributed by atoms with Gasteiger partial charge in [0.1, 0.15) is 12.4 Å². The first kappa shape index (κ1) is 27.7. The summed E-state index contributed by atoms with van der Waals surface area (Å²) < 4.78 is 47.3. The Hall–Kier alpha value is -3.86. The zero-order valence-corrected chi connectivity index (χ0v) is 22.1. The number of hydrogen-bond acceptors (Lipinski definition) is 9. The van der Waals surface area contributed by atoms with Crippen LogP contribution in [-0.2, 0) is 19.1 Å². The molecule has 2 aromatic heterocycles. The molecule has 0 radical (unpaired) electrons. The van der Waals surface area contributed by atoms with Gasteiger partial charge in [-0.25, -0.2) is 4.79 Å². The maximum atomic E-state index is 13.7. The number of carboxylic acid groups (broad SMARTS) is 1. The number of rotatable bonds is 6. The topological polar surface area (TPSA) is 122 Å². The molecule has 0 saturated carbocycles. The Labute approximate surface area is 229 Å². The SMILES string of the molecule is CN1CCC[C@H]1COc1nc2c(c(N3CCN(C(=O)O)C(CC#N)C3)n1)CCN(c1ccncc1C(F)(F)F)C2. The van der Waals surface area contributed by atoms with Gasteiger partial charge in [-0.15, -0.1) is 0 Å². The van der Waals surface area contributed by atoms with E-state index in [-0.39, 0.29) is 43.8 Å². The van der Waals surface area contributed by atoms with Crippen LogP contribution in [0.5, 0.6) is 6.01 Å². The van der Waals surface area contributed by atoms with Crippen molar-refractivity contribution in [3.05, 3.63) is 35.3 Å². The number of likely N-dealkylation sites (tertiary alicyclic amines) is 1. The van der Waals surface area contributed by atoms with Crippen LogP contribution in [0.4, 0.5) is 29.5 Å². The number of piperazine rings is 1. The number of pyridine rings is 1. The van der Waals surface area contributed by atoms with Crippen molar-refractivity contribution in [1.82, 2.24) is 24.8 Å². The average Bonchev–Trinajstić information content (AvgIpc) is 3.35. The first-order chi connectivity index (χ1) is 19.2. The van der Waals surface area contributed by atoms with Crippen LogP contribution in [0.1, 0.15) is 36.1 Å². The number of halogens is 3. The van der Waals surface area contributed by atoms with Crippen LogP contribution in [-0.4, -0.2) is 94.4 Å². The number of carbonyl (C=O) groups is 1. The highest BCUT2D eigenvalue weighted by Gasteiger charge is 2.38. The number of ether oxygens (including phenoxy) is 1. The van der Waals surface area contributed by atoms with Gasteiger partial charge in [0.2, 0.25) is 0 Å². The van der Waals surface area contributed by atoms with Gasteiger partial charge in [-0.2, -0.15) is 28.4 Å². The quantitative estimate of drug-likeness (QED) is 0.564. The number of anilines is 2. The minimum Gasteiger partial charge on any atom is -0.465 e. The number of aromatic nitrogens is 3. The maximum Gasteiger partial charge on any atom is 0.419 e. The number of hydrogen-bond donors (Lipinski definition) is 1. The lowest BCUT2D eigenvalue weighted by Gasteiger charge is -2.41. The molecule has 0 spiro atoms. The Morgan fingerprint density at radius 2 is 2.02 bits per heavy atom. The van der Waals surface area contributed by atoms with Gasteiger partial charge in [0.15, 0.2) is 0 Å². The predicted octanol–water partition coefficient (Wildman–Crippen LogP) is 3.01. The largest absolute Gasteiger partial charge is 0.465 e. The fourth-order valence-electron chi connectivity index (χ4n) is 5.74. The summed E-state index contributed by atoms with van der Waals surface area (Å²) in [6.45, 7) is 2.59. The summed E-state index contributed by atoms with van der Waals surface area (Å²) in [6, 6.07) is 3.24. The molecule has 5 rings (SSSR count). The van der Waals surface area contributed by atoms with Gasteiger partial charge in [0, 0.05) is 50.2 Å². The van der Waals surface area contributed by atoms with Gasteiger partial charge in [0.05, 0.1) is 42.0 Å². The highest BCUT2D eigenvalue weighted by Crippen LogP contribution is 2.39. The zero-order chi connectivity index (χ0) is 28.4. The van der Waals surface area contributed by atoms with E-state index in [1.54, 1.807) is 4.90 Å². The molecular weight excluding hydrogens is 529 g/mol. The van der Waals surface area contributed by atoms with Crippen LogP contribution in [0, 0.1) is 11.3 Å². The molecule has 1 unspecified atom stereocenters. The third-order valence-corrected chi connectivity index (χ3v) is 7.90. The van der Waals surface area contributed by atoms with Crippen molar-refractivity contribution in [3.8, 4) is 12.1 Å². The summed E-state index contributed by atoms with van der Waals surface area (Å²) in [5.74, 6) is 0.582. The molecule has 2 fully saturated rings. The summed E-state index contributed by atoms with van der Waals surface area (Å²) in [4.78, 5) is 31.8. The molecular formula is C26H31F3N8O3. The molecule has 2 saturated heterocycles. The molecule has 3 aliphatic heterocycles. The second kappa shape index (κ2) is 11.3. The number of nitrogens with zero attached hydrogens (tertiary/aromatic N) is 8. The fourth-order valence-corrected chi connectivity index (χ4v) is 5.74. The standard InChI is InChI=1S/C26H31F3N8O3/c1-34-9-2-3-18(34)16-40-24-32-21-15-35(22-5-8-31-13-20(22)26(27,28)29)10-6-19(21)23(33-24)36-11-12-37(25(38)39)17(14-36)4-7-30/h5,8,13,17-18H,2-4,6,9-12,14-16H2,1H3,(H,38,39)/t17?,18-/m0/s1. The van der Waals surface area contributed by atoms with Crippen LogP contribution >= 0.6 is 0 Å². The van der Waals surface area contributed by atoms with E-state index in [1.165, 1.54) is 17.2 Å². The molecule has 40 heavy (non-hydrogen) atoms. The fraction of sp³-hybridized carbons (Fsp3) is 0.577. The van der Waals surface area contributed by atoms with Crippen LogP contribution in [0.3, 0.4) is 0 Å². The Morgan fingerprint density at radius 3 is 2.73 bits per heavy atom. The van der Waals surface area contributed by atoms with Crippen molar-refractivity contribution in [1.29, 1.82) is 5.26 Å². The normalized spacial score (nSPS) is 21.7. The van der Waals surface area contributed by atoms with Crippen molar-refractivity contribution in [3.63, 3.8) is 0 Å². The Morgan fingerprint density at radius 1 is 1.20 bits per heavy atom. The first-order valence-electron chi connectivity index (χ1n) is 13.3. The molecule has 1 N–H and O–H groups in total. The van der Waals surface area contributed by atoms with Gasteiger partial charge in [-0.05, 0) is 38.9 Å². The predicted molar refractivity (Wildman–Crippen MR) is 138 cm³/mol. The van der Waals surface area contributed by atoms with Crippen LogP contribution in [0.25, 0.3) is 0 Å². The van der Waals surface area contributed by atoms with Gasteiger partial charge in [-0.3, -0.25) is 4.98 Å². The van der Waals surface area contributed by atoms with Crippen LogP contribution < -0.4 is 14.5 Å². The number of nitriles is 1. The van der Waals surface area contributed by atoms with E-state index < -0.39 is 23.9 Å². The average molecular weight is 561 g/mol. The first-order valence-corrected chi connectivity index (χ1v) is 13.3. The van der Waals surface area contributed by atoms with Crippen molar-refractivity contribution in [2.45, 2.75) is 50.5 Å². The van der Waals surface area contributed by atoms with Gasteiger partial charge in [-0.1, -0.05) is 0 Å². The van der Waals surface area contributed by atoms with Crippen molar-refractivity contribution in [2.24, 2.45) is 0 Å². The number of fused-ring (bicyclic) bond motifs is 1. The molecule has 0 bridgehead atoms. The van der Waals surface area contributed by atoms with Gasteiger partial charge in [0.25, 0.3) is 0 Å². The third-order valence-electron chi connectivity index (χ3n) is 7.90. The van der Waals surface area contributed by atoms with E-state index in [4.69, 9.17) is 9.72 Å².